The summed E-state index contributed by atoms with van der Waals surface area (Å²) in [4.78, 5) is 11.3. The minimum absolute atomic E-state index is 0.140. The first-order chi connectivity index (χ1) is 10.4. The van der Waals surface area contributed by atoms with Gasteiger partial charge in [0.05, 0.1) is 19.1 Å². The maximum atomic E-state index is 11.3. The van der Waals surface area contributed by atoms with Crippen LogP contribution in [0.5, 0.6) is 5.75 Å². The van der Waals surface area contributed by atoms with E-state index in [2.05, 4.69) is 43.5 Å². The van der Waals surface area contributed by atoms with Gasteiger partial charge in [-0.3, -0.25) is 0 Å². The standard InChI is InChI=1S/C17H25N3O2/c1-17(2,3)14-6-8-15(9-7-14)22-13-5-12-20-16(21)19-11-4-10-18/h6-9H,4-5,11-13H2,1-3H3,(H2,19,20,21). The molecule has 1 aromatic rings. The molecule has 0 saturated heterocycles. The van der Waals surface area contributed by atoms with Gasteiger partial charge in [-0.2, -0.15) is 5.26 Å². The first kappa shape index (κ1) is 17.8. The second-order valence-electron chi connectivity index (χ2n) is 6.07. The Morgan fingerprint density at radius 1 is 1.18 bits per heavy atom. The van der Waals surface area contributed by atoms with Crippen LogP contribution in [0.15, 0.2) is 24.3 Å². The number of hydrogen-bond acceptors (Lipinski definition) is 3. The highest BCUT2D eigenvalue weighted by Gasteiger charge is 2.12. The number of hydrogen-bond donors (Lipinski definition) is 2. The van der Waals surface area contributed by atoms with Gasteiger partial charge in [0.1, 0.15) is 5.75 Å². The maximum absolute atomic E-state index is 11.3. The molecule has 0 heterocycles. The second kappa shape index (κ2) is 8.93. The lowest BCUT2D eigenvalue weighted by Gasteiger charge is -2.19. The monoisotopic (exact) mass is 303 g/mol. The number of urea groups is 1. The van der Waals surface area contributed by atoms with E-state index in [0.29, 0.717) is 26.1 Å². The summed E-state index contributed by atoms with van der Waals surface area (Å²) in [6.07, 6.45) is 1.05. The summed E-state index contributed by atoms with van der Waals surface area (Å²) in [7, 11) is 0. The fourth-order valence-electron chi connectivity index (χ4n) is 1.81. The van der Waals surface area contributed by atoms with Crippen LogP contribution in [-0.4, -0.2) is 25.7 Å². The molecule has 0 saturated carbocycles. The maximum Gasteiger partial charge on any atom is 0.314 e. The van der Waals surface area contributed by atoms with Gasteiger partial charge in [0, 0.05) is 13.1 Å². The van der Waals surface area contributed by atoms with Gasteiger partial charge >= 0.3 is 6.03 Å². The van der Waals surface area contributed by atoms with Crippen molar-refractivity contribution < 1.29 is 9.53 Å². The molecule has 0 atom stereocenters. The molecule has 0 aliphatic carbocycles. The summed E-state index contributed by atoms with van der Waals surface area (Å²) in [6.45, 7) is 7.99. The van der Waals surface area contributed by atoms with Crippen molar-refractivity contribution in [3.05, 3.63) is 29.8 Å². The van der Waals surface area contributed by atoms with Crippen LogP contribution >= 0.6 is 0 Å². The number of carbonyl (C=O) groups is 1. The van der Waals surface area contributed by atoms with Gasteiger partial charge in [-0.1, -0.05) is 32.9 Å². The largest absolute Gasteiger partial charge is 0.494 e. The quantitative estimate of drug-likeness (QED) is 0.760. The van der Waals surface area contributed by atoms with Crippen LogP contribution < -0.4 is 15.4 Å². The number of carbonyl (C=O) groups excluding carboxylic acids is 1. The van der Waals surface area contributed by atoms with E-state index in [1.54, 1.807) is 0 Å². The number of ether oxygens (including phenoxy) is 1. The molecular weight excluding hydrogens is 278 g/mol. The fraction of sp³-hybridized carbons (Fsp3) is 0.529. The number of amides is 2. The van der Waals surface area contributed by atoms with Crippen molar-refractivity contribution in [3.8, 4) is 11.8 Å². The molecule has 0 bridgehead atoms. The normalized spacial score (nSPS) is 10.6. The fourth-order valence-corrected chi connectivity index (χ4v) is 1.81. The van der Waals surface area contributed by atoms with Crippen molar-refractivity contribution in [3.63, 3.8) is 0 Å². The molecule has 120 valence electrons. The number of nitrogens with one attached hydrogen (secondary N) is 2. The molecule has 22 heavy (non-hydrogen) atoms. The molecule has 0 unspecified atom stereocenters. The first-order valence-corrected chi connectivity index (χ1v) is 7.55. The van der Waals surface area contributed by atoms with Crippen molar-refractivity contribution in [2.45, 2.75) is 39.0 Å². The van der Waals surface area contributed by atoms with E-state index in [0.717, 1.165) is 12.2 Å². The summed E-state index contributed by atoms with van der Waals surface area (Å²) in [5.41, 5.74) is 1.41. The predicted molar refractivity (Wildman–Crippen MR) is 86.9 cm³/mol. The Morgan fingerprint density at radius 2 is 1.82 bits per heavy atom. The van der Waals surface area contributed by atoms with Crippen LogP contribution in [0.25, 0.3) is 0 Å². The summed E-state index contributed by atoms with van der Waals surface area (Å²) in [5.74, 6) is 0.839. The van der Waals surface area contributed by atoms with Gasteiger partial charge in [0.15, 0.2) is 0 Å². The topological polar surface area (TPSA) is 74.2 Å². The van der Waals surface area contributed by atoms with E-state index in [4.69, 9.17) is 10.00 Å². The molecular formula is C17H25N3O2. The summed E-state index contributed by atoms with van der Waals surface area (Å²) in [6, 6.07) is 9.83. The zero-order valence-electron chi connectivity index (χ0n) is 13.6. The van der Waals surface area contributed by atoms with Gasteiger partial charge in [-0.15, -0.1) is 0 Å². The smallest absolute Gasteiger partial charge is 0.314 e. The Bertz CT molecular complexity index is 498. The predicted octanol–water partition coefficient (Wildman–Crippen LogP) is 2.97. The third-order valence-electron chi connectivity index (χ3n) is 3.12. The highest BCUT2D eigenvalue weighted by atomic mass is 16.5. The molecule has 0 radical (unpaired) electrons. The molecule has 0 aromatic heterocycles. The van der Waals surface area contributed by atoms with Gasteiger partial charge in [0.25, 0.3) is 0 Å². The molecule has 1 aromatic carbocycles. The van der Waals surface area contributed by atoms with E-state index in [1.807, 2.05) is 18.2 Å². The summed E-state index contributed by atoms with van der Waals surface area (Å²) < 4.78 is 5.64. The van der Waals surface area contributed by atoms with Crippen molar-refractivity contribution in [1.29, 1.82) is 5.26 Å². The van der Waals surface area contributed by atoms with Crippen LogP contribution in [0, 0.1) is 11.3 Å². The van der Waals surface area contributed by atoms with E-state index in [1.165, 1.54) is 5.56 Å². The van der Waals surface area contributed by atoms with Crippen LogP contribution in [-0.2, 0) is 5.41 Å². The highest BCUT2D eigenvalue weighted by Crippen LogP contribution is 2.24. The first-order valence-electron chi connectivity index (χ1n) is 7.55. The van der Waals surface area contributed by atoms with E-state index >= 15 is 0 Å². The third kappa shape index (κ3) is 6.98. The lowest BCUT2D eigenvalue weighted by molar-refractivity contribution is 0.239. The van der Waals surface area contributed by atoms with E-state index in [-0.39, 0.29) is 11.4 Å². The Balaban J connectivity index is 2.17. The molecule has 5 heteroatoms. The summed E-state index contributed by atoms with van der Waals surface area (Å²) >= 11 is 0. The molecule has 2 amide bonds. The van der Waals surface area contributed by atoms with Crippen molar-refractivity contribution in [1.82, 2.24) is 10.6 Å². The number of nitrogens with zero attached hydrogens (tertiary/aromatic N) is 1. The van der Waals surface area contributed by atoms with Gasteiger partial charge in [-0.25, -0.2) is 4.79 Å². The van der Waals surface area contributed by atoms with Gasteiger partial charge in [0.2, 0.25) is 0 Å². The van der Waals surface area contributed by atoms with Crippen LogP contribution in [0.4, 0.5) is 4.79 Å². The van der Waals surface area contributed by atoms with Crippen LogP contribution in [0.2, 0.25) is 0 Å². The number of benzene rings is 1. The Labute approximate surface area is 132 Å². The minimum Gasteiger partial charge on any atom is -0.494 e. The van der Waals surface area contributed by atoms with Crippen LogP contribution in [0.1, 0.15) is 39.2 Å². The molecule has 5 nitrogen and oxygen atoms in total. The average molecular weight is 303 g/mol. The zero-order chi connectivity index (χ0) is 16.4. The zero-order valence-corrected chi connectivity index (χ0v) is 13.6. The van der Waals surface area contributed by atoms with E-state index < -0.39 is 0 Å². The number of rotatable bonds is 7. The van der Waals surface area contributed by atoms with Crippen LogP contribution in [0.3, 0.4) is 0 Å². The third-order valence-corrected chi connectivity index (χ3v) is 3.12. The average Bonchev–Trinajstić information content (AvgIpc) is 2.47. The molecule has 0 aliphatic rings. The van der Waals surface area contributed by atoms with E-state index in [9.17, 15) is 4.79 Å². The molecule has 2 N–H and O–H groups in total. The lowest BCUT2D eigenvalue weighted by atomic mass is 9.87. The highest BCUT2D eigenvalue weighted by molar-refractivity contribution is 5.73. The van der Waals surface area contributed by atoms with Gasteiger partial charge < -0.3 is 15.4 Å². The Hall–Kier alpha value is -2.22. The minimum atomic E-state index is -0.246. The van der Waals surface area contributed by atoms with Crippen molar-refractivity contribution >= 4 is 6.03 Å². The molecule has 0 aliphatic heterocycles. The molecule has 0 spiro atoms. The Kier molecular flexibility index (Phi) is 7.24. The molecule has 0 fully saturated rings. The second-order valence-corrected chi connectivity index (χ2v) is 6.07. The lowest BCUT2D eigenvalue weighted by Crippen LogP contribution is -2.36. The summed E-state index contributed by atoms with van der Waals surface area (Å²) in [5, 5.41) is 13.7. The van der Waals surface area contributed by atoms with Crippen molar-refractivity contribution in [2.75, 3.05) is 19.7 Å². The SMILES string of the molecule is CC(C)(C)c1ccc(OCCCNC(=O)NCCC#N)cc1. The number of nitriles is 1. The van der Waals surface area contributed by atoms with Crippen molar-refractivity contribution in [2.24, 2.45) is 0 Å². The Morgan fingerprint density at radius 3 is 2.41 bits per heavy atom. The molecule has 1 rings (SSSR count). The van der Waals surface area contributed by atoms with Gasteiger partial charge in [-0.05, 0) is 29.5 Å².